The first-order valence-electron chi connectivity index (χ1n) is 12.2. The maximum absolute atomic E-state index is 13.3. The molecule has 0 aliphatic carbocycles. The maximum Gasteiger partial charge on any atom is 0.273 e. The van der Waals surface area contributed by atoms with Gasteiger partial charge in [-0.1, -0.05) is 54.1 Å². The molecule has 0 aliphatic rings. The minimum absolute atomic E-state index is 0.139. The number of carbonyl (C=O) groups is 2. The van der Waals surface area contributed by atoms with Crippen molar-refractivity contribution in [2.75, 3.05) is 11.9 Å². The molecule has 0 radical (unpaired) electrons. The second kappa shape index (κ2) is 11.1. The van der Waals surface area contributed by atoms with Gasteiger partial charge in [0.25, 0.3) is 11.6 Å². The van der Waals surface area contributed by atoms with Crippen molar-refractivity contribution in [3.05, 3.63) is 106 Å². The van der Waals surface area contributed by atoms with E-state index in [1.807, 2.05) is 61.5 Å². The Morgan fingerprint density at radius 2 is 1.68 bits per heavy atom. The lowest BCUT2D eigenvalue weighted by Gasteiger charge is -2.26. The summed E-state index contributed by atoms with van der Waals surface area (Å²) in [5.41, 5.74) is 3.92. The Bertz CT molecular complexity index is 1480. The van der Waals surface area contributed by atoms with Crippen LogP contribution in [0.5, 0.6) is 0 Å². The molecule has 38 heavy (non-hydrogen) atoms. The topological polar surface area (TPSA) is 110 Å². The summed E-state index contributed by atoms with van der Waals surface area (Å²) < 4.78 is 1.66. The Kier molecular flexibility index (Phi) is 7.66. The molecule has 3 aromatic carbocycles. The number of carbonyl (C=O) groups excluding carboxylic acids is 2. The highest BCUT2D eigenvalue weighted by Crippen LogP contribution is 2.25. The van der Waals surface area contributed by atoms with Crippen LogP contribution in [0.2, 0.25) is 0 Å². The van der Waals surface area contributed by atoms with Crippen molar-refractivity contribution in [2.45, 2.75) is 33.7 Å². The van der Waals surface area contributed by atoms with Crippen molar-refractivity contribution in [3.63, 3.8) is 0 Å². The summed E-state index contributed by atoms with van der Waals surface area (Å²) in [5.74, 6) is -0.420. The Hall–Kier alpha value is -4.79. The van der Waals surface area contributed by atoms with E-state index >= 15 is 0 Å². The van der Waals surface area contributed by atoms with Crippen molar-refractivity contribution >= 4 is 23.3 Å². The molecule has 4 aromatic rings. The molecule has 0 spiro atoms. The highest BCUT2D eigenvalue weighted by Gasteiger charge is 2.25. The molecule has 0 saturated heterocycles. The van der Waals surface area contributed by atoms with Crippen molar-refractivity contribution in [2.24, 2.45) is 0 Å². The third-order valence-electron chi connectivity index (χ3n) is 6.18. The first kappa shape index (κ1) is 26.3. The summed E-state index contributed by atoms with van der Waals surface area (Å²) in [5, 5.41) is 19.0. The van der Waals surface area contributed by atoms with Crippen molar-refractivity contribution < 1.29 is 14.5 Å². The number of aryl methyl sites for hydroxylation is 2. The zero-order valence-electron chi connectivity index (χ0n) is 21.7. The minimum atomic E-state index is -0.519. The molecule has 1 N–H and O–H groups in total. The lowest BCUT2D eigenvalue weighted by Crippen LogP contribution is -2.42. The van der Waals surface area contributed by atoms with E-state index < -0.39 is 16.7 Å². The maximum atomic E-state index is 13.3. The second-order valence-corrected chi connectivity index (χ2v) is 9.36. The molecule has 0 unspecified atom stereocenters. The summed E-state index contributed by atoms with van der Waals surface area (Å²) in [7, 11) is 0. The van der Waals surface area contributed by atoms with Gasteiger partial charge in [0.1, 0.15) is 12.4 Å². The molecule has 1 heterocycles. The van der Waals surface area contributed by atoms with Crippen LogP contribution in [-0.4, -0.2) is 44.0 Å². The fourth-order valence-corrected chi connectivity index (χ4v) is 4.03. The Balaban J connectivity index is 1.61. The van der Waals surface area contributed by atoms with E-state index in [9.17, 15) is 19.7 Å². The van der Waals surface area contributed by atoms with Crippen LogP contribution >= 0.6 is 0 Å². The quantitative estimate of drug-likeness (QED) is 0.246. The molecular weight excluding hydrogens is 482 g/mol. The molecule has 0 aliphatic heterocycles. The summed E-state index contributed by atoms with van der Waals surface area (Å²) in [6, 6.07) is 23.2. The molecule has 0 atom stereocenters. The van der Waals surface area contributed by atoms with E-state index in [1.165, 1.54) is 23.1 Å². The van der Waals surface area contributed by atoms with Gasteiger partial charge in [-0.2, -0.15) is 5.10 Å². The van der Waals surface area contributed by atoms with Gasteiger partial charge in [0.15, 0.2) is 0 Å². The molecule has 0 fully saturated rings. The van der Waals surface area contributed by atoms with Crippen molar-refractivity contribution in [3.8, 4) is 16.9 Å². The first-order chi connectivity index (χ1) is 18.1. The summed E-state index contributed by atoms with van der Waals surface area (Å²) in [6.07, 6.45) is 0. The molecule has 2 amide bonds. The number of hydrogen-bond donors (Lipinski definition) is 1. The van der Waals surface area contributed by atoms with Gasteiger partial charge in [0.05, 0.1) is 16.3 Å². The van der Waals surface area contributed by atoms with Crippen LogP contribution < -0.4 is 5.32 Å². The van der Waals surface area contributed by atoms with E-state index in [2.05, 4.69) is 5.32 Å². The van der Waals surface area contributed by atoms with Crippen molar-refractivity contribution in [1.29, 1.82) is 0 Å². The highest BCUT2D eigenvalue weighted by molar-refractivity contribution is 6.00. The number of benzene rings is 3. The van der Waals surface area contributed by atoms with Gasteiger partial charge in [0, 0.05) is 34.9 Å². The number of nitro benzene ring substituents is 1. The predicted octanol–water partition coefficient (Wildman–Crippen LogP) is 5.55. The van der Waals surface area contributed by atoms with Crippen LogP contribution in [0, 0.1) is 24.0 Å². The zero-order valence-corrected chi connectivity index (χ0v) is 21.7. The monoisotopic (exact) mass is 511 g/mol. The molecule has 194 valence electrons. The van der Waals surface area contributed by atoms with Crippen LogP contribution in [-0.2, 0) is 4.79 Å². The first-order valence-corrected chi connectivity index (χ1v) is 12.2. The van der Waals surface area contributed by atoms with Gasteiger partial charge in [-0.3, -0.25) is 19.7 Å². The van der Waals surface area contributed by atoms with Gasteiger partial charge in [-0.05, 0) is 45.9 Å². The van der Waals surface area contributed by atoms with Crippen LogP contribution in [0.3, 0.4) is 0 Å². The number of nitrogens with one attached hydrogen (secondary N) is 1. The third kappa shape index (κ3) is 5.78. The predicted molar refractivity (Wildman–Crippen MR) is 146 cm³/mol. The summed E-state index contributed by atoms with van der Waals surface area (Å²) in [6.45, 7) is 6.94. The second-order valence-electron chi connectivity index (χ2n) is 9.36. The van der Waals surface area contributed by atoms with E-state index in [4.69, 9.17) is 5.10 Å². The zero-order chi connectivity index (χ0) is 27.4. The Morgan fingerprint density at radius 3 is 2.32 bits per heavy atom. The molecule has 0 saturated carbocycles. The number of anilines is 1. The van der Waals surface area contributed by atoms with Gasteiger partial charge in [0.2, 0.25) is 5.91 Å². The average Bonchev–Trinajstić information content (AvgIpc) is 3.31. The molecule has 9 nitrogen and oxygen atoms in total. The number of amides is 2. The fourth-order valence-electron chi connectivity index (χ4n) is 4.03. The SMILES string of the molecule is Cc1ccc(-n2nc(-c3ccccc3)cc2NC(=O)CN(C(=O)c2ccc(C)c([N+](=O)[O-])c2)C(C)C)cc1. The van der Waals surface area contributed by atoms with Crippen LogP contribution in [0.25, 0.3) is 16.9 Å². The Morgan fingerprint density at radius 1 is 1.00 bits per heavy atom. The number of rotatable bonds is 8. The van der Waals surface area contributed by atoms with E-state index in [1.54, 1.807) is 31.5 Å². The molecule has 0 bridgehead atoms. The third-order valence-corrected chi connectivity index (χ3v) is 6.18. The molecule has 9 heteroatoms. The van der Waals surface area contributed by atoms with Crippen LogP contribution in [0.4, 0.5) is 11.5 Å². The van der Waals surface area contributed by atoms with Crippen LogP contribution in [0.1, 0.15) is 35.3 Å². The fraction of sp³-hybridized carbons (Fsp3) is 0.207. The molecule has 4 rings (SSSR count). The lowest BCUT2D eigenvalue weighted by atomic mass is 10.1. The standard InChI is InChI=1S/C29H29N5O4/c1-19(2)32(29(36)23-13-12-21(4)26(16-23)34(37)38)18-28(35)30-27-17-25(22-8-6-5-7-9-22)31-33(27)24-14-10-20(3)11-15-24/h5-17,19H,18H2,1-4H3,(H,30,35). The van der Waals surface area contributed by atoms with E-state index in [0.717, 1.165) is 16.8 Å². The van der Waals surface area contributed by atoms with Gasteiger partial charge >= 0.3 is 0 Å². The molecule has 1 aromatic heterocycles. The summed E-state index contributed by atoms with van der Waals surface area (Å²) >= 11 is 0. The highest BCUT2D eigenvalue weighted by atomic mass is 16.6. The van der Waals surface area contributed by atoms with Gasteiger partial charge < -0.3 is 10.2 Å². The largest absolute Gasteiger partial charge is 0.327 e. The number of hydrogen-bond acceptors (Lipinski definition) is 5. The van der Waals surface area contributed by atoms with E-state index in [0.29, 0.717) is 17.1 Å². The van der Waals surface area contributed by atoms with Crippen LogP contribution in [0.15, 0.2) is 78.9 Å². The average molecular weight is 512 g/mol. The number of aromatic nitrogens is 2. The normalized spacial score (nSPS) is 10.9. The van der Waals surface area contributed by atoms with E-state index in [-0.39, 0.29) is 23.8 Å². The molecular formula is C29H29N5O4. The Labute approximate surface area is 220 Å². The van der Waals surface area contributed by atoms with Crippen molar-refractivity contribution in [1.82, 2.24) is 14.7 Å². The number of nitro groups is 1. The minimum Gasteiger partial charge on any atom is -0.327 e. The lowest BCUT2D eigenvalue weighted by molar-refractivity contribution is -0.385. The van der Waals surface area contributed by atoms with Gasteiger partial charge in [-0.15, -0.1) is 0 Å². The van der Waals surface area contributed by atoms with Gasteiger partial charge in [-0.25, -0.2) is 4.68 Å². The smallest absolute Gasteiger partial charge is 0.273 e. The number of nitrogens with zero attached hydrogens (tertiary/aromatic N) is 4. The summed E-state index contributed by atoms with van der Waals surface area (Å²) in [4.78, 5) is 38.7.